The number of fused-ring (bicyclic) bond motifs is 2. The van der Waals surface area contributed by atoms with E-state index < -0.39 is 53.3 Å². The van der Waals surface area contributed by atoms with E-state index >= 15 is 0 Å². The molecule has 8 aromatic carbocycles. The molecule has 0 saturated carbocycles. The molecule has 12 N–H and O–H groups in total. The molecule has 8 aromatic rings. The molecule has 0 aliphatic heterocycles. The Labute approximate surface area is 401 Å². The highest BCUT2D eigenvalue weighted by molar-refractivity contribution is 7.86. The van der Waals surface area contributed by atoms with Gasteiger partial charge in [-0.1, -0.05) is 18.2 Å². The molecule has 0 atom stereocenters. The van der Waals surface area contributed by atoms with E-state index in [-0.39, 0.29) is 73.6 Å². The zero-order valence-corrected chi connectivity index (χ0v) is 38.0. The van der Waals surface area contributed by atoms with Crippen molar-refractivity contribution in [1.82, 2.24) is 0 Å². The molecule has 0 spiro atoms. The summed E-state index contributed by atoms with van der Waals surface area (Å²) in [4.78, 5) is 21.3. The van der Waals surface area contributed by atoms with E-state index in [0.29, 0.717) is 33.6 Å². The molecule has 8 rings (SSSR count). The monoisotopic (exact) mass is 992 g/mol. The number of rotatable bonds is 14. The van der Waals surface area contributed by atoms with E-state index in [4.69, 9.17) is 22.9 Å². The number of azo groups is 4. The summed E-state index contributed by atoms with van der Waals surface area (Å²) in [5.41, 5.74) is 25.1. The summed E-state index contributed by atoms with van der Waals surface area (Å²) < 4.78 is 71.1. The van der Waals surface area contributed by atoms with Gasteiger partial charge >= 0.3 is 0 Å². The van der Waals surface area contributed by atoms with Crippen LogP contribution >= 0.6 is 0 Å². The van der Waals surface area contributed by atoms with Crippen molar-refractivity contribution in [2.24, 2.45) is 52.4 Å². The van der Waals surface area contributed by atoms with Crippen LogP contribution in [0.25, 0.3) is 21.5 Å². The fourth-order valence-electron chi connectivity index (χ4n) is 7.17. The maximum Gasteiger partial charge on any atom is 0.296 e. The Balaban J connectivity index is 1.02. The summed E-state index contributed by atoms with van der Waals surface area (Å²) in [5.74, 6) is -2.32. The van der Waals surface area contributed by atoms with Gasteiger partial charge in [0.05, 0.1) is 49.8 Å². The van der Waals surface area contributed by atoms with Gasteiger partial charge in [-0.2, -0.15) is 37.3 Å². The van der Waals surface area contributed by atoms with Crippen molar-refractivity contribution in [1.29, 1.82) is 0 Å². The molecular weight excluding hydrogens is 957 g/mol. The first-order valence-corrected chi connectivity index (χ1v) is 23.4. The van der Waals surface area contributed by atoms with Gasteiger partial charge in [-0.25, -0.2) is 0 Å². The molecule has 71 heavy (non-hydrogen) atoms. The lowest BCUT2D eigenvalue weighted by molar-refractivity contribution is 0.0992. The highest BCUT2D eigenvalue weighted by Gasteiger charge is 2.25. The Kier molecular flexibility index (Phi) is 13.1. The van der Waals surface area contributed by atoms with Gasteiger partial charge in [-0.3, -0.25) is 18.7 Å². The van der Waals surface area contributed by atoms with Gasteiger partial charge in [0.2, 0.25) is 11.8 Å². The normalized spacial score (nSPS) is 12.3. The SMILES string of the molecule is NC(=O)c1ccc(N=Nc2ccc(N)c3c(O)c(N=Nc4ccc(Cc5ccc(N=Nc6c(S(=O)(=O)O)cc7c(N=Nc8ccc(C(N)=O)cc8)ccc(N)c7c6O)cc5S(=O)(=O)O)cc4)ccc23)cc1. The van der Waals surface area contributed by atoms with Crippen molar-refractivity contribution < 1.29 is 45.7 Å². The number of anilines is 2. The van der Waals surface area contributed by atoms with Crippen LogP contribution in [0.1, 0.15) is 31.8 Å². The van der Waals surface area contributed by atoms with E-state index in [1.54, 1.807) is 54.6 Å². The minimum absolute atomic E-state index is 0.0157. The first-order valence-electron chi connectivity index (χ1n) is 20.5. The number of nitrogens with two attached hydrogens (primary N) is 4. The zero-order valence-electron chi connectivity index (χ0n) is 36.4. The second kappa shape index (κ2) is 19.3. The molecule has 0 unspecified atom stereocenters. The largest absolute Gasteiger partial charge is 0.505 e. The third kappa shape index (κ3) is 10.5. The zero-order chi connectivity index (χ0) is 50.8. The smallest absolute Gasteiger partial charge is 0.296 e. The number of hydrogen-bond donors (Lipinski definition) is 8. The number of amides is 2. The van der Waals surface area contributed by atoms with E-state index in [1.807, 2.05) is 0 Å². The first-order chi connectivity index (χ1) is 33.7. The average molecular weight is 993 g/mol. The van der Waals surface area contributed by atoms with Crippen molar-refractivity contribution in [2.45, 2.75) is 16.2 Å². The van der Waals surface area contributed by atoms with Crippen LogP contribution in [-0.4, -0.2) is 48.0 Å². The molecule has 0 aliphatic carbocycles. The molecule has 24 heteroatoms. The number of aromatic hydroxyl groups is 2. The quantitative estimate of drug-likeness (QED) is 0.0286. The van der Waals surface area contributed by atoms with Crippen LogP contribution in [0.2, 0.25) is 0 Å². The maximum atomic E-state index is 12.7. The summed E-state index contributed by atoms with van der Waals surface area (Å²) >= 11 is 0. The number of primary amides is 2. The van der Waals surface area contributed by atoms with Crippen LogP contribution in [0.5, 0.6) is 11.5 Å². The molecular formula is C47H36N12O10S2. The third-order valence-corrected chi connectivity index (χ3v) is 12.5. The minimum Gasteiger partial charge on any atom is -0.505 e. The number of hydrogen-bond acceptors (Lipinski definition) is 18. The van der Waals surface area contributed by atoms with Gasteiger partial charge in [0.25, 0.3) is 20.2 Å². The Morgan fingerprint density at radius 2 is 0.887 bits per heavy atom. The second-order valence-electron chi connectivity index (χ2n) is 15.4. The van der Waals surface area contributed by atoms with Crippen LogP contribution < -0.4 is 22.9 Å². The van der Waals surface area contributed by atoms with Crippen LogP contribution in [0.3, 0.4) is 0 Å². The average Bonchev–Trinajstić information content (AvgIpc) is 3.33. The Morgan fingerprint density at radius 1 is 0.451 bits per heavy atom. The highest BCUT2D eigenvalue weighted by Crippen LogP contribution is 2.47. The van der Waals surface area contributed by atoms with E-state index in [2.05, 4.69) is 40.9 Å². The van der Waals surface area contributed by atoms with Crippen LogP contribution in [-0.2, 0) is 26.7 Å². The van der Waals surface area contributed by atoms with E-state index in [9.17, 15) is 45.7 Å². The number of nitrogen functional groups attached to an aromatic ring is 2. The second-order valence-corrected chi connectivity index (χ2v) is 18.2. The lowest BCUT2D eigenvalue weighted by atomic mass is 10.0. The molecule has 2 amide bonds. The van der Waals surface area contributed by atoms with E-state index in [1.165, 1.54) is 66.7 Å². The highest BCUT2D eigenvalue weighted by atomic mass is 32.2. The molecule has 0 saturated heterocycles. The van der Waals surface area contributed by atoms with Crippen molar-refractivity contribution in [2.75, 3.05) is 11.5 Å². The van der Waals surface area contributed by atoms with Crippen LogP contribution in [0.4, 0.5) is 56.9 Å². The molecule has 22 nitrogen and oxygen atoms in total. The van der Waals surface area contributed by atoms with Gasteiger partial charge in [0, 0.05) is 33.3 Å². The predicted octanol–water partition coefficient (Wildman–Crippen LogP) is 10.5. The van der Waals surface area contributed by atoms with E-state index in [0.717, 1.165) is 12.1 Å². The summed E-state index contributed by atoms with van der Waals surface area (Å²) in [7, 11) is -10.0. The van der Waals surface area contributed by atoms with Gasteiger partial charge in [-0.15, -0.1) is 20.5 Å². The number of nitrogens with zero attached hydrogens (tertiary/aromatic N) is 8. The molecule has 0 aromatic heterocycles. The molecule has 0 bridgehead atoms. The predicted molar refractivity (Wildman–Crippen MR) is 262 cm³/mol. The number of phenols is 2. The van der Waals surface area contributed by atoms with Crippen molar-refractivity contribution in [3.05, 3.63) is 156 Å². The number of carbonyl (C=O) groups excluding carboxylic acids is 2. The van der Waals surface area contributed by atoms with Gasteiger partial charge < -0.3 is 33.1 Å². The standard InChI is InChI=1S/C47H36N12O10S2/c48-34-16-19-36(56-52-29-10-3-25(4-11-29)46(50)62)32-15-18-38(44(60)41(32)34)58-54-28-8-1-24(2-9-28)21-27-7-14-31(22-39(27)70(64,65)66)55-59-43-40(71(67,68)69)23-33-37(20-17-35(49)42(33)45(43)61)57-53-30-12-5-26(6-13-30)47(51)63/h1-20,22-23,60-61H,21,48-49H2,(H2,50,62)(H2,51,63)(H,64,65,66)(H,67,68,69). The topological polar surface area (TPSA) is 386 Å². The first kappa shape index (κ1) is 48.1. The van der Waals surface area contributed by atoms with Crippen molar-refractivity contribution in [3.8, 4) is 11.5 Å². The van der Waals surface area contributed by atoms with Gasteiger partial charge in [-0.05, 0) is 133 Å². The lowest BCUT2D eigenvalue weighted by Crippen LogP contribution is -2.10. The number of benzene rings is 8. The summed E-state index contributed by atoms with van der Waals surface area (Å²) in [6.45, 7) is 0. The van der Waals surface area contributed by atoms with Crippen LogP contribution in [0, 0.1) is 0 Å². The Morgan fingerprint density at radius 3 is 1.39 bits per heavy atom. The fraction of sp³-hybridized carbons (Fsp3) is 0.0213. The Bertz CT molecular complexity index is 3830. The Hall–Kier alpha value is -9.36. The molecule has 0 fully saturated rings. The molecule has 0 heterocycles. The summed E-state index contributed by atoms with van der Waals surface area (Å²) in [6, 6.07) is 32.1. The van der Waals surface area contributed by atoms with Crippen molar-refractivity contribution >= 4 is 110 Å². The third-order valence-electron chi connectivity index (χ3n) is 10.7. The lowest BCUT2D eigenvalue weighted by Gasteiger charge is -2.12. The number of phenolic OH excluding ortho intramolecular Hbond substituents is 2. The molecule has 356 valence electrons. The van der Waals surface area contributed by atoms with Gasteiger partial charge in [0.1, 0.15) is 16.3 Å². The summed E-state index contributed by atoms with van der Waals surface area (Å²) in [5, 5.41) is 56.1. The molecule has 0 radical (unpaired) electrons. The number of carbonyl (C=O) groups is 2. The van der Waals surface area contributed by atoms with Gasteiger partial charge in [0.15, 0.2) is 11.5 Å². The van der Waals surface area contributed by atoms with Crippen LogP contribution in [0.15, 0.2) is 184 Å². The summed E-state index contributed by atoms with van der Waals surface area (Å²) in [6.07, 6.45) is -0.0247. The molecule has 0 aliphatic rings. The minimum atomic E-state index is -5.13. The maximum absolute atomic E-state index is 12.7. The van der Waals surface area contributed by atoms with Crippen molar-refractivity contribution in [3.63, 3.8) is 0 Å². The fourth-order valence-corrected chi connectivity index (χ4v) is 8.56.